The number of thiazole rings is 1. The highest BCUT2D eigenvalue weighted by molar-refractivity contribution is 7.09. The summed E-state index contributed by atoms with van der Waals surface area (Å²) in [5.41, 5.74) is 0.905. The smallest absolute Gasteiger partial charge is 0.270 e. The third-order valence-corrected chi connectivity index (χ3v) is 3.86. The summed E-state index contributed by atoms with van der Waals surface area (Å²) in [6, 6.07) is 3.35. The quantitative estimate of drug-likeness (QED) is 0.882. The molecule has 0 bridgehead atoms. The molecule has 1 N–H and O–H groups in total. The fourth-order valence-electron chi connectivity index (χ4n) is 2.02. The average molecular weight is 324 g/mol. The first-order valence-electron chi connectivity index (χ1n) is 7.11. The lowest BCUT2D eigenvalue weighted by atomic mass is 10.1. The summed E-state index contributed by atoms with van der Waals surface area (Å²) >= 11 is 1.47. The monoisotopic (exact) mass is 324 g/mol. The lowest BCUT2D eigenvalue weighted by Crippen LogP contribution is -2.26. The van der Waals surface area contributed by atoms with Crippen molar-refractivity contribution >= 4 is 17.2 Å². The largest absolute Gasteiger partial charge is 0.350 e. The molecule has 1 heterocycles. The van der Waals surface area contributed by atoms with Crippen LogP contribution >= 0.6 is 11.3 Å². The van der Waals surface area contributed by atoms with Gasteiger partial charge in [0.05, 0.1) is 5.01 Å². The fraction of sp³-hybridized carbons (Fsp3) is 0.375. The Morgan fingerprint density at radius 1 is 1.27 bits per heavy atom. The Kier molecular flexibility index (Phi) is 5.60. The van der Waals surface area contributed by atoms with E-state index in [2.05, 4.69) is 24.1 Å². The summed E-state index contributed by atoms with van der Waals surface area (Å²) in [5, 5.41) is 5.38. The van der Waals surface area contributed by atoms with E-state index in [1.165, 1.54) is 23.5 Å². The second kappa shape index (κ2) is 7.45. The van der Waals surface area contributed by atoms with Crippen LogP contribution in [0, 0.1) is 17.6 Å². The highest BCUT2D eigenvalue weighted by Gasteiger charge is 2.11. The summed E-state index contributed by atoms with van der Waals surface area (Å²) in [7, 11) is 0. The van der Waals surface area contributed by atoms with E-state index in [1.54, 1.807) is 5.38 Å². The molecule has 0 atom stereocenters. The zero-order valence-electron chi connectivity index (χ0n) is 12.5. The van der Waals surface area contributed by atoms with Crippen LogP contribution in [0.1, 0.15) is 34.9 Å². The first-order valence-corrected chi connectivity index (χ1v) is 7.99. The van der Waals surface area contributed by atoms with Crippen molar-refractivity contribution in [3.05, 3.63) is 51.5 Å². The second-order valence-electron chi connectivity index (χ2n) is 5.51. The Morgan fingerprint density at radius 3 is 2.59 bits per heavy atom. The maximum absolute atomic E-state index is 13.0. The van der Waals surface area contributed by atoms with Crippen LogP contribution < -0.4 is 5.32 Å². The zero-order valence-corrected chi connectivity index (χ0v) is 13.3. The van der Waals surface area contributed by atoms with Crippen LogP contribution in [0.2, 0.25) is 0 Å². The molecule has 0 unspecified atom stereocenters. The van der Waals surface area contributed by atoms with E-state index in [4.69, 9.17) is 0 Å². The molecule has 118 valence electrons. The number of rotatable bonds is 6. The van der Waals surface area contributed by atoms with Crippen LogP contribution in [-0.2, 0) is 12.8 Å². The summed E-state index contributed by atoms with van der Waals surface area (Å²) in [4.78, 5) is 16.2. The second-order valence-corrected chi connectivity index (χ2v) is 6.45. The van der Waals surface area contributed by atoms with Crippen LogP contribution in [0.5, 0.6) is 0 Å². The van der Waals surface area contributed by atoms with Crippen molar-refractivity contribution in [1.82, 2.24) is 10.3 Å². The lowest BCUT2D eigenvalue weighted by Gasteiger charge is -2.04. The maximum atomic E-state index is 13.0. The van der Waals surface area contributed by atoms with Gasteiger partial charge in [0.2, 0.25) is 0 Å². The lowest BCUT2D eigenvalue weighted by molar-refractivity contribution is 0.0949. The molecule has 2 rings (SSSR count). The SMILES string of the molecule is CC(C)Cc1nc(C(=O)NCCc2cc(F)cc(F)c2)cs1. The number of hydrogen-bond acceptors (Lipinski definition) is 3. The molecule has 0 aliphatic carbocycles. The van der Waals surface area contributed by atoms with Gasteiger partial charge in [-0.15, -0.1) is 11.3 Å². The van der Waals surface area contributed by atoms with Crippen LogP contribution in [0.25, 0.3) is 0 Å². The Balaban J connectivity index is 1.86. The number of carbonyl (C=O) groups excluding carboxylic acids is 1. The summed E-state index contributed by atoms with van der Waals surface area (Å²) < 4.78 is 26.1. The fourth-order valence-corrected chi connectivity index (χ4v) is 3.01. The normalized spacial score (nSPS) is 11.0. The molecular formula is C16H18F2N2OS. The van der Waals surface area contributed by atoms with E-state index < -0.39 is 11.6 Å². The highest BCUT2D eigenvalue weighted by Crippen LogP contribution is 2.14. The van der Waals surface area contributed by atoms with E-state index in [-0.39, 0.29) is 5.91 Å². The predicted molar refractivity (Wildman–Crippen MR) is 83.1 cm³/mol. The van der Waals surface area contributed by atoms with Gasteiger partial charge in [-0.3, -0.25) is 4.79 Å². The number of benzene rings is 1. The minimum Gasteiger partial charge on any atom is -0.350 e. The van der Waals surface area contributed by atoms with Crippen molar-refractivity contribution in [3.8, 4) is 0 Å². The molecule has 0 aliphatic heterocycles. The first-order chi connectivity index (χ1) is 10.4. The van der Waals surface area contributed by atoms with Crippen molar-refractivity contribution in [3.63, 3.8) is 0 Å². The summed E-state index contributed by atoms with van der Waals surface area (Å²) in [6.45, 7) is 4.50. The van der Waals surface area contributed by atoms with E-state index >= 15 is 0 Å². The van der Waals surface area contributed by atoms with Crippen LogP contribution in [-0.4, -0.2) is 17.4 Å². The third kappa shape index (κ3) is 4.87. The molecule has 1 amide bonds. The Morgan fingerprint density at radius 2 is 1.95 bits per heavy atom. The van der Waals surface area contributed by atoms with E-state index in [9.17, 15) is 13.6 Å². The zero-order chi connectivity index (χ0) is 16.1. The van der Waals surface area contributed by atoms with Crippen LogP contribution in [0.4, 0.5) is 8.78 Å². The summed E-state index contributed by atoms with van der Waals surface area (Å²) in [5.74, 6) is -0.994. The standard InChI is InChI=1S/C16H18F2N2OS/c1-10(2)5-15-20-14(9-22-15)16(21)19-4-3-11-6-12(17)8-13(18)7-11/h6-10H,3-5H2,1-2H3,(H,19,21). The minimum absolute atomic E-state index is 0.261. The number of aromatic nitrogens is 1. The number of carbonyl (C=O) groups is 1. The van der Waals surface area contributed by atoms with Crippen molar-refractivity contribution in [2.45, 2.75) is 26.7 Å². The van der Waals surface area contributed by atoms with Gasteiger partial charge in [-0.2, -0.15) is 0 Å². The molecule has 6 heteroatoms. The molecular weight excluding hydrogens is 306 g/mol. The maximum Gasteiger partial charge on any atom is 0.270 e. The average Bonchev–Trinajstić information content (AvgIpc) is 2.85. The molecule has 0 fully saturated rings. The molecule has 1 aromatic heterocycles. The van der Waals surface area contributed by atoms with E-state index in [0.717, 1.165) is 17.5 Å². The molecule has 2 aromatic rings. The van der Waals surface area contributed by atoms with Gasteiger partial charge in [0.15, 0.2) is 0 Å². The van der Waals surface area contributed by atoms with Gasteiger partial charge < -0.3 is 5.32 Å². The molecule has 1 aromatic carbocycles. The Hall–Kier alpha value is -1.82. The molecule has 0 aliphatic rings. The van der Waals surface area contributed by atoms with Crippen molar-refractivity contribution in [1.29, 1.82) is 0 Å². The molecule has 0 saturated heterocycles. The topological polar surface area (TPSA) is 42.0 Å². The molecule has 0 radical (unpaired) electrons. The van der Waals surface area contributed by atoms with Gasteiger partial charge in [0.1, 0.15) is 17.3 Å². The van der Waals surface area contributed by atoms with Crippen LogP contribution in [0.3, 0.4) is 0 Å². The van der Waals surface area contributed by atoms with E-state index in [0.29, 0.717) is 30.1 Å². The van der Waals surface area contributed by atoms with Crippen molar-refractivity contribution < 1.29 is 13.6 Å². The van der Waals surface area contributed by atoms with Gasteiger partial charge in [0, 0.05) is 24.4 Å². The number of nitrogens with one attached hydrogen (secondary N) is 1. The predicted octanol–water partition coefficient (Wildman–Crippen LogP) is 3.59. The molecule has 3 nitrogen and oxygen atoms in total. The first kappa shape index (κ1) is 16.5. The van der Waals surface area contributed by atoms with Gasteiger partial charge in [-0.05, 0) is 30.0 Å². The van der Waals surface area contributed by atoms with Gasteiger partial charge in [-0.1, -0.05) is 13.8 Å². The molecule has 0 spiro atoms. The number of halogens is 2. The number of amides is 1. The Labute approximate surface area is 132 Å². The van der Waals surface area contributed by atoms with Gasteiger partial charge in [-0.25, -0.2) is 13.8 Å². The highest BCUT2D eigenvalue weighted by atomic mass is 32.1. The minimum atomic E-state index is -0.612. The van der Waals surface area contributed by atoms with Crippen molar-refractivity contribution in [2.75, 3.05) is 6.54 Å². The Bertz CT molecular complexity index is 635. The van der Waals surface area contributed by atoms with E-state index in [1.807, 2.05) is 0 Å². The van der Waals surface area contributed by atoms with Crippen LogP contribution in [0.15, 0.2) is 23.6 Å². The van der Waals surface area contributed by atoms with Crippen molar-refractivity contribution in [2.24, 2.45) is 5.92 Å². The molecule has 22 heavy (non-hydrogen) atoms. The van der Waals surface area contributed by atoms with Gasteiger partial charge in [0.25, 0.3) is 5.91 Å². The molecule has 0 saturated carbocycles. The summed E-state index contributed by atoms with van der Waals surface area (Å²) in [6.07, 6.45) is 1.21. The number of hydrogen-bond donors (Lipinski definition) is 1. The van der Waals surface area contributed by atoms with Gasteiger partial charge >= 0.3 is 0 Å². The number of nitrogens with zero attached hydrogens (tertiary/aromatic N) is 1. The third-order valence-electron chi connectivity index (χ3n) is 2.99.